The lowest BCUT2D eigenvalue weighted by Gasteiger charge is -2.33. The summed E-state index contributed by atoms with van der Waals surface area (Å²) < 4.78 is 6.98. The summed E-state index contributed by atoms with van der Waals surface area (Å²) in [7, 11) is 0. The highest BCUT2D eigenvalue weighted by Gasteiger charge is 2.60. The third-order valence-electron chi connectivity index (χ3n) is 4.30. The van der Waals surface area contributed by atoms with Crippen LogP contribution in [0.25, 0.3) is 10.2 Å². The zero-order valence-electron chi connectivity index (χ0n) is 12.1. The van der Waals surface area contributed by atoms with E-state index in [9.17, 15) is 14.4 Å². The molecule has 1 aliphatic carbocycles. The molecule has 1 spiro atoms. The number of esters is 1. The van der Waals surface area contributed by atoms with E-state index in [0.29, 0.717) is 17.2 Å². The molecular weight excluding hydrogens is 334 g/mol. The van der Waals surface area contributed by atoms with Crippen LogP contribution in [-0.4, -0.2) is 33.4 Å². The van der Waals surface area contributed by atoms with Gasteiger partial charge in [0.25, 0.3) is 5.78 Å². The maximum Gasteiger partial charge on any atom is 0.377 e. The minimum Gasteiger partial charge on any atom is -0.444 e. The number of carbonyl (C=O) groups is 3. The van der Waals surface area contributed by atoms with Gasteiger partial charge in [-0.15, -0.1) is 11.3 Å². The quantitative estimate of drug-likeness (QED) is 0.614. The maximum atomic E-state index is 12.4. The zero-order chi connectivity index (χ0) is 16.0. The van der Waals surface area contributed by atoms with E-state index in [1.165, 1.54) is 23.1 Å². The summed E-state index contributed by atoms with van der Waals surface area (Å²) in [6.07, 6.45) is 2.34. The van der Waals surface area contributed by atoms with Gasteiger partial charge < -0.3 is 4.74 Å². The number of hydrogen-bond acceptors (Lipinski definition) is 7. The van der Waals surface area contributed by atoms with Gasteiger partial charge in [-0.1, -0.05) is 23.9 Å². The number of benzene rings is 1. The Bertz CT molecular complexity index is 797. The Hall–Kier alpha value is -1.73. The number of para-hydroxylation sites is 1. The van der Waals surface area contributed by atoms with Crippen LogP contribution in [0.4, 0.5) is 0 Å². The molecule has 23 heavy (non-hydrogen) atoms. The molecule has 2 aliphatic rings. The van der Waals surface area contributed by atoms with E-state index in [1.54, 1.807) is 0 Å². The van der Waals surface area contributed by atoms with Crippen molar-refractivity contribution in [3.63, 3.8) is 0 Å². The number of ether oxygens (including phenoxy) is 1. The van der Waals surface area contributed by atoms with Crippen molar-refractivity contribution < 1.29 is 19.1 Å². The van der Waals surface area contributed by atoms with Crippen LogP contribution in [0.3, 0.4) is 0 Å². The van der Waals surface area contributed by atoms with E-state index in [4.69, 9.17) is 4.74 Å². The lowest BCUT2D eigenvalue weighted by atomic mass is 9.81. The van der Waals surface area contributed by atoms with Crippen molar-refractivity contribution in [2.24, 2.45) is 0 Å². The summed E-state index contributed by atoms with van der Waals surface area (Å²) in [4.78, 5) is 41.0. The van der Waals surface area contributed by atoms with Crippen LogP contribution < -0.4 is 0 Å². The molecular formula is C16H13NO4S2. The third kappa shape index (κ3) is 2.30. The van der Waals surface area contributed by atoms with E-state index in [1.807, 2.05) is 24.3 Å². The molecule has 2 unspecified atom stereocenters. The normalized spacial score (nSPS) is 27.8. The number of rotatable bonds is 2. The molecule has 5 nitrogen and oxygen atoms in total. The average Bonchev–Trinajstić information content (AvgIpc) is 3.05. The Labute approximate surface area is 140 Å². The van der Waals surface area contributed by atoms with Gasteiger partial charge in [0, 0.05) is 6.42 Å². The molecule has 118 valence electrons. The van der Waals surface area contributed by atoms with Gasteiger partial charge >= 0.3 is 5.97 Å². The second-order valence-electron chi connectivity index (χ2n) is 5.72. The summed E-state index contributed by atoms with van der Waals surface area (Å²) in [5, 5.41) is -0.816. The molecule has 0 amide bonds. The number of hydrogen-bond donors (Lipinski definition) is 0. The number of thiazole rings is 1. The molecule has 2 aromatic rings. The average molecular weight is 347 g/mol. The third-order valence-corrected chi connectivity index (χ3v) is 6.80. The number of carbonyl (C=O) groups excluding carboxylic acids is 3. The van der Waals surface area contributed by atoms with Crippen LogP contribution in [0.1, 0.15) is 25.7 Å². The molecule has 1 saturated heterocycles. The Morgan fingerprint density at radius 2 is 2.04 bits per heavy atom. The van der Waals surface area contributed by atoms with Crippen LogP contribution in [0.2, 0.25) is 0 Å². The van der Waals surface area contributed by atoms with Crippen molar-refractivity contribution in [2.45, 2.75) is 40.9 Å². The van der Waals surface area contributed by atoms with E-state index in [-0.39, 0.29) is 5.78 Å². The monoisotopic (exact) mass is 347 g/mol. The highest BCUT2D eigenvalue weighted by molar-refractivity contribution is 8.02. The number of nitrogens with zero attached hydrogens (tertiary/aromatic N) is 1. The predicted octanol–water partition coefficient (Wildman–Crippen LogP) is 2.76. The smallest absolute Gasteiger partial charge is 0.377 e. The van der Waals surface area contributed by atoms with E-state index < -0.39 is 22.6 Å². The van der Waals surface area contributed by atoms with Crippen molar-refractivity contribution in [1.29, 1.82) is 0 Å². The van der Waals surface area contributed by atoms with Gasteiger partial charge in [0.15, 0.2) is 15.7 Å². The first-order valence-corrected chi connectivity index (χ1v) is 9.12. The number of Topliss-reactive ketones (excluding diaryl/α,β-unsaturated/α-hetero) is 2. The molecule has 7 heteroatoms. The van der Waals surface area contributed by atoms with Crippen LogP contribution in [-0.2, 0) is 19.1 Å². The fourth-order valence-electron chi connectivity index (χ4n) is 3.15. The lowest BCUT2D eigenvalue weighted by Crippen LogP contribution is -2.49. The Morgan fingerprint density at radius 3 is 2.83 bits per heavy atom. The highest BCUT2D eigenvalue weighted by atomic mass is 32.2. The summed E-state index contributed by atoms with van der Waals surface area (Å²) >= 11 is 2.65. The summed E-state index contributed by atoms with van der Waals surface area (Å²) in [6, 6.07) is 7.68. The van der Waals surface area contributed by atoms with Gasteiger partial charge in [-0.2, -0.15) is 0 Å². The van der Waals surface area contributed by atoms with Crippen molar-refractivity contribution >= 4 is 50.9 Å². The molecule has 1 aromatic carbocycles. The van der Waals surface area contributed by atoms with Crippen LogP contribution in [0, 0.1) is 0 Å². The first kappa shape index (κ1) is 14.8. The van der Waals surface area contributed by atoms with Gasteiger partial charge in [0.2, 0.25) is 0 Å². The fraction of sp³-hybridized carbons (Fsp3) is 0.375. The first-order valence-electron chi connectivity index (χ1n) is 7.43. The minimum atomic E-state index is -1.28. The molecule has 0 N–H and O–H groups in total. The number of thioether (sulfide) groups is 1. The minimum absolute atomic E-state index is 0.137. The summed E-state index contributed by atoms with van der Waals surface area (Å²) in [5.41, 5.74) is -0.434. The van der Waals surface area contributed by atoms with E-state index >= 15 is 0 Å². The van der Waals surface area contributed by atoms with E-state index in [0.717, 1.165) is 23.1 Å². The van der Waals surface area contributed by atoms with Crippen LogP contribution in [0.5, 0.6) is 0 Å². The Morgan fingerprint density at radius 1 is 1.22 bits per heavy atom. The summed E-state index contributed by atoms with van der Waals surface area (Å²) in [6.45, 7) is 0. The number of aromatic nitrogens is 1. The molecule has 2 atom stereocenters. The van der Waals surface area contributed by atoms with Crippen LogP contribution >= 0.6 is 23.1 Å². The Kier molecular flexibility index (Phi) is 3.50. The van der Waals surface area contributed by atoms with E-state index in [2.05, 4.69) is 4.98 Å². The Balaban J connectivity index is 1.71. The molecule has 1 aliphatic heterocycles. The fourth-order valence-corrected chi connectivity index (χ4v) is 5.64. The summed E-state index contributed by atoms with van der Waals surface area (Å²) in [5.74, 6) is -1.65. The lowest BCUT2D eigenvalue weighted by molar-refractivity contribution is -0.161. The number of fused-ring (bicyclic) bond motifs is 1. The second-order valence-corrected chi connectivity index (χ2v) is 8.10. The van der Waals surface area contributed by atoms with Gasteiger partial charge in [-0.25, -0.2) is 9.78 Å². The highest BCUT2D eigenvalue weighted by Crippen LogP contribution is 2.45. The van der Waals surface area contributed by atoms with Gasteiger partial charge in [0.05, 0.1) is 10.2 Å². The van der Waals surface area contributed by atoms with Crippen LogP contribution in [0.15, 0.2) is 28.6 Å². The standard InChI is InChI=1S/C16H13NO4S2/c18-11-7-3-4-8-16(11)13(12(19)14(20)21-16)23-15-17-9-5-1-2-6-10(9)22-15/h1-2,5-6,13H,3-4,7-8H2. The predicted molar refractivity (Wildman–Crippen MR) is 86.6 cm³/mol. The molecule has 0 radical (unpaired) electrons. The van der Waals surface area contributed by atoms with Crippen molar-refractivity contribution in [3.05, 3.63) is 24.3 Å². The van der Waals surface area contributed by atoms with Crippen molar-refractivity contribution in [1.82, 2.24) is 4.98 Å². The van der Waals surface area contributed by atoms with Crippen molar-refractivity contribution in [3.8, 4) is 0 Å². The zero-order valence-corrected chi connectivity index (χ0v) is 13.7. The number of ketones is 2. The molecule has 1 saturated carbocycles. The second kappa shape index (κ2) is 5.42. The molecule has 2 heterocycles. The van der Waals surface area contributed by atoms with Gasteiger partial charge in [-0.3, -0.25) is 9.59 Å². The van der Waals surface area contributed by atoms with Gasteiger partial charge in [0.1, 0.15) is 5.25 Å². The largest absolute Gasteiger partial charge is 0.444 e. The first-order chi connectivity index (χ1) is 11.1. The molecule has 4 rings (SSSR count). The van der Waals surface area contributed by atoms with Gasteiger partial charge in [-0.05, 0) is 31.4 Å². The topological polar surface area (TPSA) is 73.3 Å². The molecule has 2 fully saturated rings. The molecule has 0 bridgehead atoms. The van der Waals surface area contributed by atoms with Crippen molar-refractivity contribution in [2.75, 3.05) is 0 Å². The molecule has 1 aromatic heterocycles. The SMILES string of the molecule is O=C1OC2(CCCCC2=O)C(Sc2nc3ccccc3s2)C1=O. The maximum absolute atomic E-state index is 12.4.